The van der Waals surface area contributed by atoms with Gasteiger partial charge in [0.25, 0.3) is 0 Å². The molecule has 1 aliphatic heterocycles. The standard InChI is InChI=1S/C13H21NO2S/c1-10-12(7-8-16-10)17(15)13-6-4-2-3-5-11(13)9-14/h10-13H,2-8H2,1H3. The number of rotatable bonds is 2. The second kappa shape index (κ2) is 5.97. The van der Waals surface area contributed by atoms with Gasteiger partial charge in [-0.25, -0.2) is 0 Å². The van der Waals surface area contributed by atoms with Crippen LogP contribution < -0.4 is 0 Å². The smallest absolute Gasteiger partial charge is 0.0691 e. The Bertz CT molecular complexity index is 326. The van der Waals surface area contributed by atoms with Crippen LogP contribution in [0.25, 0.3) is 0 Å². The number of hydrogen-bond acceptors (Lipinski definition) is 3. The van der Waals surface area contributed by atoms with Gasteiger partial charge in [-0.1, -0.05) is 19.3 Å². The van der Waals surface area contributed by atoms with Crippen molar-refractivity contribution in [2.75, 3.05) is 6.61 Å². The van der Waals surface area contributed by atoms with Crippen molar-refractivity contribution in [1.29, 1.82) is 5.26 Å². The molecule has 0 amide bonds. The van der Waals surface area contributed by atoms with E-state index in [1.165, 1.54) is 6.42 Å². The van der Waals surface area contributed by atoms with Crippen LogP contribution in [0.3, 0.4) is 0 Å². The highest BCUT2D eigenvalue weighted by Gasteiger charge is 2.37. The maximum atomic E-state index is 12.6. The molecule has 2 fully saturated rings. The molecule has 17 heavy (non-hydrogen) atoms. The minimum Gasteiger partial charge on any atom is -0.377 e. The van der Waals surface area contributed by atoms with Crippen LogP contribution >= 0.6 is 0 Å². The lowest BCUT2D eigenvalue weighted by Gasteiger charge is -2.24. The molecule has 0 aromatic rings. The van der Waals surface area contributed by atoms with E-state index in [9.17, 15) is 9.47 Å². The van der Waals surface area contributed by atoms with Gasteiger partial charge in [-0.2, -0.15) is 5.26 Å². The predicted molar refractivity (Wildman–Crippen MR) is 67.9 cm³/mol. The summed E-state index contributed by atoms with van der Waals surface area (Å²) in [6.07, 6.45) is 6.28. The molecule has 0 bridgehead atoms. The van der Waals surface area contributed by atoms with E-state index in [4.69, 9.17) is 4.74 Å². The van der Waals surface area contributed by atoms with Crippen LogP contribution in [-0.4, -0.2) is 27.4 Å². The lowest BCUT2D eigenvalue weighted by atomic mass is 10.0. The molecule has 2 aliphatic rings. The zero-order valence-electron chi connectivity index (χ0n) is 10.4. The second-order valence-electron chi connectivity index (χ2n) is 5.14. The lowest BCUT2D eigenvalue weighted by molar-refractivity contribution is 0.126. The zero-order valence-corrected chi connectivity index (χ0v) is 11.2. The Morgan fingerprint density at radius 2 is 1.94 bits per heavy atom. The molecule has 0 aromatic heterocycles. The molecule has 2 rings (SSSR count). The fraction of sp³-hybridized carbons (Fsp3) is 0.923. The largest absolute Gasteiger partial charge is 0.377 e. The summed E-state index contributed by atoms with van der Waals surface area (Å²) in [5.41, 5.74) is 0. The van der Waals surface area contributed by atoms with E-state index in [1.807, 2.05) is 6.92 Å². The van der Waals surface area contributed by atoms with Crippen LogP contribution in [0.1, 0.15) is 45.4 Å². The summed E-state index contributed by atoms with van der Waals surface area (Å²) < 4.78 is 18.1. The summed E-state index contributed by atoms with van der Waals surface area (Å²) in [5.74, 6) is -0.00821. The normalized spacial score (nSPS) is 40.5. The summed E-state index contributed by atoms with van der Waals surface area (Å²) in [6, 6.07) is 2.38. The number of nitrogens with zero attached hydrogens (tertiary/aromatic N) is 1. The third-order valence-corrected chi connectivity index (χ3v) is 6.40. The third-order valence-electron chi connectivity index (χ3n) is 4.02. The fourth-order valence-corrected chi connectivity index (χ4v) is 5.09. The van der Waals surface area contributed by atoms with Crippen LogP contribution in [0.2, 0.25) is 0 Å². The average Bonchev–Trinajstić information content (AvgIpc) is 2.64. The highest BCUT2D eigenvalue weighted by atomic mass is 32.2. The Hall–Kier alpha value is -0.400. The summed E-state index contributed by atoms with van der Waals surface area (Å²) >= 11 is 0. The molecular formula is C13H21NO2S. The molecule has 3 nitrogen and oxygen atoms in total. The number of nitriles is 1. The van der Waals surface area contributed by atoms with Gasteiger partial charge in [-0.05, 0) is 26.2 Å². The van der Waals surface area contributed by atoms with Crippen molar-refractivity contribution in [2.45, 2.75) is 62.1 Å². The van der Waals surface area contributed by atoms with Gasteiger partial charge in [0, 0.05) is 17.4 Å². The van der Waals surface area contributed by atoms with E-state index >= 15 is 0 Å². The molecule has 1 saturated heterocycles. The van der Waals surface area contributed by atoms with Crippen molar-refractivity contribution in [3.63, 3.8) is 0 Å². The van der Waals surface area contributed by atoms with Gasteiger partial charge in [-0.3, -0.25) is 4.21 Å². The maximum absolute atomic E-state index is 12.6. The maximum Gasteiger partial charge on any atom is 0.0691 e. The van der Waals surface area contributed by atoms with Crippen molar-refractivity contribution in [1.82, 2.24) is 0 Å². The summed E-state index contributed by atoms with van der Waals surface area (Å²) in [4.78, 5) is 0. The van der Waals surface area contributed by atoms with Crippen molar-refractivity contribution in [3.8, 4) is 6.07 Å². The first-order chi connectivity index (χ1) is 8.24. The highest BCUT2D eigenvalue weighted by Crippen LogP contribution is 2.31. The average molecular weight is 255 g/mol. The molecule has 1 aliphatic carbocycles. The van der Waals surface area contributed by atoms with Crippen molar-refractivity contribution >= 4 is 10.8 Å². The Morgan fingerprint density at radius 1 is 1.18 bits per heavy atom. The Morgan fingerprint density at radius 3 is 2.59 bits per heavy atom. The van der Waals surface area contributed by atoms with E-state index < -0.39 is 10.8 Å². The predicted octanol–water partition coefficient (Wildman–Crippen LogP) is 2.38. The molecule has 0 N–H and O–H groups in total. The van der Waals surface area contributed by atoms with Crippen LogP contribution in [0.4, 0.5) is 0 Å². The Labute approximate surface area is 106 Å². The van der Waals surface area contributed by atoms with Crippen LogP contribution in [0.15, 0.2) is 0 Å². The molecule has 0 spiro atoms. The molecular weight excluding hydrogens is 234 g/mol. The van der Waals surface area contributed by atoms with E-state index in [2.05, 4.69) is 6.07 Å². The van der Waals surface area contributed by atoms with E-state index in [-0.39, 0.29) is 22.5 Å². The van der Waals surface area contributed by atoms with E-state index in [0.29, 0.717) is 0 Å². The molecule has 1 saturated carbocycles. The number of hydrogen-bond donors (Lipinski definition) is 0. The quantitative estimate of drug-likeness (QED) is 0.712. The first kappa shape index (κ1) is 13.0. The zero-order chi connectivity index (χ0) is 12.3. The number of ether oxygens (including phenoxy) is 1. The minimum absolute atomic E-state index is 0.00821. The van der Waals surface area contributed by atoms with Crippen LogP contribution in [0, 0.1) is 17.2 Å². The molecule has 96 valence electrons. The Balaban J connectivity index is 2.07. The van der Waals surface area contributed by atoms with E-state index in [1.54, 1.807) is 0 Å². The van der Waals surface area contributed by atoms with Gasteiger partial charge < -0.3 is 4.74 Å². The second-order valence-corrected chi connectivity index (χ2v) is 7.01. The molecule has 5 atom stereocenters. The summed E-state index contributed by atoms with van der Waals surface area (Å²) in [5, 5.41) is 9.46. The monoisotopic (exact) mass is 255 g/mol. The van der Waals surface area contributed by atoms with Gasteiger partial charge in [0.05, 0.1) is 28.6 Å². The minimum atomic E-state index is -0.900. The molecule has 0 radical (unpaired) electrons. The summed E-state index contributed by atoms with van der Waals surface area (Å²) in [6.45, 7) is 2.73. The van der Waals surface area contributed by atoms with Crippen LogP contribution in [-0.2, 0) is 15.5 Å². The van der Waals surface area contributed by atoms with Gasteiger partial charge in [0.2, 0.25) is 0 Å². The Kier molecular flexibility index (Phi) is 4.58. The van der Waals surface area contributed by atoms with Gasteiger partial charge >= 0.3 is 0 Å². The van der Waals surface area contributed by atoms with Crippen molar-refractivity contribution in [3.05, 3.63) is 0 Å². The first-order valence-electron chi connectivity index (χ1n) is 6.64. The van der Waals surface area contributed by atoms with Gasteiger partial charge in [0.1, 0.15) is 0 Å². The fourth-order valence-electron chi connectivity index (χ4n) is 2.94. The topological polar surface area (TPSA) is 50.1 Å². The van der Waals surface area contributed by atoms with Crippen molar-refractivity contribution < 1.29 is 8.95 Å². The lowest BCUT2D eigenvalue weighted by Crippen LogP contribution is -2.34. The molecule has 5 unspecified atom stereocenters. The van der Waals surface area contributed by atoms with E-state index in [0.717, 1.165) is 38.7 Å². The highest BCUT2D eigenvalue weighted by molar-refractivity contribution is 7.86. The van der Waals surface area contributed by atoms with Gasteiger partial charge in [-0.15, -0.1) is 0 Å². The third kappa shape index (κ3) is 2.89. The van der Waals surface area contributed by atoms with Gasteiger partial charge in [0.15, 0.2) is 0 Å². The van der Waals surface area contributed by atoms with Crippen molar-refractivity contribution in [2.24, 2.45) is 5.92 Å². The summed E-state index contributed by atoms with van der Waals surface area (Å²) in [7, 11) is -0.900. The molecule has 0 aromatic carbocycles. The van der Waals surface area contributed by atoms with Crippen LogP contribution in [0.5, 0.6) is 0 Å². The SMILES string of the molecule is CC1OCCC1S(=O)C1CCCCCC1C#N. The molecule has 1 heterocycles. The molecule has 4 heteroatoms. The first-order valence-corrected chi connectivity index (χ1v) is 7.92.